The van der Waals surface area contributed by atoms with Gasteiger partial charge in [0, 0.05) is 45.8 Å². The molecule has 0 bridgehead atoms. The molecule has 0 radical (unpaired) electrons. The second-order valence-corrected chi connectivity index (χ2v) is 8.78. The molecule has 2 aliphatic rings. The van der Waals surface area contributed by atoms with Crippen molar-refractivity contribution in [3.8, 4) is 0 Å². The fraction of sp³-hybridized carbons (Fsp3) is 0.609. The molecule has 2 amide bonds. The van der Waals surface area contributed by atoms with Gasteiger partial charge in [0.15, 0.2) is 5.96 Å². The number of anilines is 1. The molecule has 0 atom stereocenters. The Kier molecular flexibility index (Phi) is 7.34. The molecule has 0 heterocycles. The zero-order chi connectivity index (χ0) is 21.6. The summed E-state index contributed by atoms with van der Waals surface area (Å²) in [5.74, 6) is 1.16. The number of carbonyl (C=O) groups excluding carboxylic acids is 2. The number of nitrogens with one attached hydrogen (secondary N) is 3. The van der Waals surface area contributed by atoms with E-state index >= 15 is 0 Å². The lowest BCUT2D eigenvalue weighted by Crippen LogP contribution is -2.49. The number of carbonyl (C=O) groups is 2. The zero-order valence-corrected chi connectivity index (χ0v) is 18.5. The van der Waals surface area contributed by atoms with Gasteiger partial charge in [-0.2, -0.15) is 0 Å². The van der Waals surface area contributed by atoms with Crippen molar-refractivity contribution < 1.29 is 9.59 Å². The first-order chi connectivity index (χ1) is 14.4. The standard InChI is InChI=1S/C23H35N5O2/c1-24-22(26-16-23(12-4-5-13-23)21(30)28(2)3)25-15-17-8-6-11-19(14-17)27-20(29)18-9-7-10-18/h6,8,11,14,18H,4-5,7,9-10,12-13,15-16H2,1-3H3,(H,27,29)(H2,24,25,26). The van der Waals surface area contributed by atoms with E-state index in [9.17, 15) is 9.59 Å². The van der Waals surface area contributed by atoms with Crippen LogP contribution in [-0.2, 0) is 16.1 Å². The molecule has 2 fully saturated rings. The van der Waals surface area contributed by atoms with Crippen molar-refractivity contribution in [1.82, 2.24) is 15.5 Å². The Morgan fingerprint density at radius 1 is 1.13 bits per heavy atom. The maximum Gasteiger partial charge on any atom is 0.230 e. The molecule has 0 spiro atoms. The molecule has 0 aromatic heterocycles. The lowest BCUT2D eigenvalue weighted by atomic mass is 9.84. The highest BCUT2D eigenvalue weighted by Crippen LogP contribution is 2.38. The van der Waals surface area contributed by atoms with Crippen molar-refractivity contribution >= 4 is 23.5 Å². The quantitative estimate of drug-likeness (QED) is 0.474. The molecule has 0 aliphatic heterocycles. The maximum absolute atomic E-state index is 12.7. The molecule has 1 aromatic carbocycles. The topological polar surface area (TPSA) is 85.8 Å². The minimum atomic E-state index is -0.340. The number of aliphatic imine (C=N–C) groups is 1. The number of amides is 2. The number of guanidine groups is 1. The first-order valence-corrected chi connectivity index (χ1v) is 11.0. The Hall–Kier alpha value is -2.57. The van der Waals surface area contributed by atoms with Crippen molar-refractivity contribution in [3.05, 3.63) is 29.8 Å². The van der Waals surface area contributed by atoms with Crippen LogP contribution in [0.2, 0.25) is 0 Å². The van der Waals surface area contributed by atoms with E-state index in [1.54, 1.807) is 11.9 Å². The summed E-state index contributed by atoms with van der Waals surface area (Å²) in [5, 5.41) is 9.70. The first-order valence-electron chi connectivity index (χ1n) is 11.0. The van der Waals surface area contributed by atoms with Crippen LogP contribution in [0.15, 0.2) is 29.3 Å². The van der Waals surface area contributed by atoms with E-state index < -0.39 is 0 Å². The fourth-order valence-corrected chi connectivity index (χ4v) is 4.33. The number of nitrogens with zero attached hydrogens (tertiary/aromatic N) is 2. The van der Waals surface area contributed by atoms with Gasteiger partial charge in [-0.25, -0.2) is 0 Å². The lowest BCUT2D eigenvalue weighted by molar-refractivity contribution is -0.138. The number of rotatable bonds is 7. The second kappa shape index (κ2) is 9.96. The van der Waals surface area contributed by atoms with Gasteiger partial charge in [0.1, 0.15) is 0 Å². The van der Waals surface area contributed by atoms with Crippen molar-refractivity contribution in [3.63, 3.8) is 0 Å². The summed E-state index contributed by atoms with van der Waals surface area (Å²) in [5.41, 5.74) is 1.55. The molecule has 0 unspecified atom stereocenters. The molecular weight excluding hydrogens is 378 g/mol. The Balaban J connectivity index is 1.53. The average molecular weight is 414 g/mol. The summed E-state index contributed by atoms with van der Waals surface area (Å²) in [7, 11) is 5.39. The molecule has 30 heavy (non-hydrogen) atoms. The van der Waals surface area contributed by atoms with Gasteiger partial charge in [-0.15, -0.1) is 0 Å². The third-order valence-corrected chi connectivity index (χ3v) is 6.37. The third kappa shape index (κ3) is 5.32. The van der Waals surface area contributed by atoms with Crippen LogP contribution in [0.25, 0.3) is 0 Å². The largest absolute Gasteiger partial charge is 0.355 e. The van der Waals surface area contributed by atoms with Crippen molar-refractivity contribution in [2.75, 3.05) is 33.0 Å². The van der Waals surface area contributed by atoms with E-state index in [-0.39, 0.29) is 23.1 Å². The molecular formula is C23H35N5O2. The minimum absolute atomic E-state index is 0.122. The van der Waals surface area contributed by atoms with E-state index in [1.807, 2.05) is 38.4 Å². The van der Waals surface area contributed by atoms with E-state index in [0.717, 1.165) is 56.2 Å². The molecule has 7 nitrogen and oxygen atoms in total. The van der Waals surface area contributed by atoms with Crippen LogP contribution in [0.5, 0.6) is 0 Å². The fourth-order valence-electron chi connectivity index (χ4n) is 4.33. The lowest BCUT2D eigenvalue weighted by Gasteiger charge is -2.31. The second-order valence-electron chi connectivity index (χ2n) is 8.78. The van der Waals surface area contributed by atoms with E-state index in [4.69, 9.17) is 0 Å². The molecule has 3 rings (SSSR count). The summed E-state index contributed by atoms with van der Waals surface area (Å²) in [6.45, 7) is 1.17. The molecule has 2 saturated carbocycles. The van der Waals surface area contributed by atoms with Crippen molar-refractivity contribution in [2.24, 2.45) is 16.3 Å². The Labute approximate surface area is 179 Å². The van der Waals surface area contributed by atoms with Gasteiger partial charge in [0.05, 0.1) is 5.41 Å². The van der Waals surface area contributed by atoms with Gasteiger partial charge in [-0.1, -0.05) is 31.4 Å². The molecule has 3 N–H and O–H groups in total. The Morgan fingerprint density at radius 2 is 1.87 bits per heavy atom. The van der Waals surface area contributed by atoms with E-state index in [0.29, 0.717) is 19.0 Å². The van der Waals surface area contributed by atoms with Gasteiger partial charge in [-0.05, 0) is 43.4 Å². The number of benzene rings is 1. The SMILES string of the molecule is CN=C(NCc1cccc(NC(=O)C2CCC2)c1)NCC1(C(=O)N(C)C)CCCC1. The van der Waals surface area contributed by atoms with Gasteiger partial charge in [-0.3, -0.25) is 14.6 Å². The van der Waals surface area contributed by atoms with E-state index in [2.05, 4.69) is 20.9 Å². The third-order valence-electron chi connectivity index (χ3n) is 6.37. The summed E-state index contributed by atoms with van der Waals surface area (Å²) in [6, 6.07) is 7.88. The van der Waals surface area contributed by atoms with Gasteiger partial charge >= 0.3 is 0 Å². The average Bonchev–Trinajstić information content (AvgIpc) is 3.16. The molecule has 164 valence electrons. The zero-order valence-electron chi connectivity index (χ0n) is 18.5. The smallest absolute Gasteiger partial charge is 0.230 e. The highest BCUT2D eigenvalue weighted by molar-refractivity contribution is 5.93. The van der Waals surface area contributed by atoms with E-state index in [1.165, 1.54) is 0 Å². The van der Waals surface area contributed by atoms with Crippen LogP contribution in [-0.4, -0.2) is 50.4 Å². The normalized spacial score (nSPS) is 18.4. The van der Waals surface area contributed by atoms with Crippen LogP contribution in [0.3, 0.4) is 0 Å². The summed E-state index contributed by atoms with van der Waals surface area (Å²) >= 11 is 0. The summed E-state index contributed by atoms with van der Waals surface area (Å²) < 4.78 is 0. The summed E-state index contributed by atoms with van der Waals surface area (Å²) in [4.78, 5) is 30.9. The van der Waals surface area contributed by atoms with Crippen LogP contribution >= 0.6 is 0 Å². The van der Waals surface area contributed by atoms with Crippen LogP contribution in [0.4, 0.5) is 5.69 Å². The Morgan fingerprint density at radius 3 is 2.47 bits per heavy atom. The first kappa shape index (κ1) is 22.1. The number of hydrogen-bond acceptors (Lipinski definition) is 3. The molecule has 2 aliphatic carbocycles. The van der Waals surface area contributed by atoms with Gasteiger partial charge in [0.25, 0.3) is 0 Å². The molecule has 1 aromatic rings. The highest BCUT2D eigenvalue weighted by atomic mass is 16.2. The van der Waals surface area contributed by atoms with Crippen LogP contribution in [0, 0.1) is 11.3 Å². The monoisotopic (exact) mass is 413 g/mol. The molecule has 0 saturated heterocycles. The van der Waals surface area contributed by atoms with Crippen molar-refractivity contribution in [1.29, 1.82) is 0 Å². The summed E-state index contributed by atoms with van der Waals surface area (Å²) in [6.07, 6.45) is 7.14. The predicted molar refractivity (Wildman–Crippen MR) is 120 cm³/mol. The minimum Gasteiger partial charge on any atom is -0.355 e. The predicted octanol–water partition coefficient (Wildman–Crippen LogP) is 2.74. The van der Waals surface area contributed by atoms with Crippen LogP contribution in [0.1, 0.15) is 50.5 Å². The number of hydrogen-bond donors (Lipinski definition) is 3. The highest BCUT2D eigenvalue weighted by Gasteiger charge is 2.42. The Bertz CT molecular complexity index is 780. The van der Waals surface area contributed by atoms with Crippen molar-refractivity contribution in [2.45, 2.75) is 51.5 Å². The van der Waals surface area contributed by atoms with Gasteiger partial charge in [0.2, 0.25) is 11.8 Å². The maximum atomic E-state index is 12.7. The van der Waals surface area contributed by atoms with Crippen LogP contribution < -0.4 is 16.0 Å². The van der Waals surface area contributed by atoms with Gasteiger partial charge < -0.3 is 20.9 Å². The molecule has 7 heteroatoms.